The first-order chi connectivity index (χ1) is 15.2. The maximum Gasteiger partial charge on any atom is 0.256 e. The molecular formula is C26H26N2O2S. The van der Waals surface area contributed by atoms with Gasteiger partial charge in [0, 0.05) is 10.4 Å². The van der Waals surface area contributed by atoms with Crippen molar-refractivity contribution >= 4 is 22.2 Å². The van der Waals surface area contributed by atoms with Crippen LogP contribution in [0.1, 0.15) is 63.7 Å². The van der Waals surface area contributed by atoms with Crippen molar-refractivity contribution < 1.29 is 9.53 Å². The van der Waals surface area contributed by atoms with Crippen LogP contribution < -0.4 is 10.1 Å². The Bertz CT molecular complexity index is 1090. The molecule has 1 heterocycles. The molecule has 0 atom stereocenters. The van der Waals surface area contributed by atoms with Crippen molar-refractivity contribution in [3.05, 3.63) is 81.2 Å². The Kier molecular flexibility index (Phi) is 6.69. The number of aryl methyl sites for hydroxylation is 2. The highest BCUT2D eigenvalue weighted by molar-refractivity contribution is 7.16. The van der Waals surface area contributed by atoms with Gasteiger partial charge >= 0.3 is 0 Å². The lowest BCUT2D eigenvalue weighted by Gasteiger charge is -2.09. The van der Waals surface area contributed by atoms with Crippen LogP contribution in [-0.2, 0) is 25.9 Å². The van der Waals surface area contributed by atoms with Crippen LogP contribution in [0.25, 0.3) is 0 Å². The normalized spacial score (nSPS) is 12.6. The Hall–Kier alpha value is -3.10. The lowest BCUT2D eigenvalue weighted by Crippen LogP contribution is -2.12. The van der Waals surface area contributed by atoms with Gasteiger partial charge in [-0.3, -0.25) is 4.79 Å². The molecule has 1 aliphatic rings. The third kappa shape index (κ3) is 4.98. The van der Waals surface area contributed by atoms with E-state index in [1.54, 1.807) is 23.5 Å². The molecule has 158 valence electrons. The molecule has 0 saturated carbocycles. The number of hydrogen-bond donors (Lipinski definition) is 1. The lowest BCUT2D eigenvalue weighted by atomic mass is 9.96. The fourth-order valence-electron chi connectivity index (χ4n) is 3.91. The first-order valence-corrected chi connectivity index (χ1v) is 11.7. The number of fused-ring (bicyclic) bond motifs is 1. The summed E-state index contributed by atoms with van der Waals surface area (Å²) in [5.41, 5.74) is 4.66. The zero-order chi connectivity index (χ0) is 21.6. The van der Waals surface area contributed by atoms with E-state index in [-0.39, 0.29) is 5.91 Å². The number of carbonyl (C=O) groups is 1. The summed E-state index contributed by atoms with van der Waals surface area (Å²) in [6.07, 6.45) is 6.40. The molecule has 0 bridgehead atoms. The predicted octanol–water partition coefficient (Wildman–Crippen LogP) is 6.28. The number of nitrogens with zero attached hydrogens (tertiary/aromatic N) is 1. The van der Waals surface area contributed by atoms with E-state index >= 15 is 0 Å². The van der Waals surface area contributed by atoms with Gasteiger partial charge in [0.15, 0.2) is 0 Å². The average Bonchev–Trinajstić information content (AvgIpc) is 3.16. The summed E-state index contributed by atoms with van der Waals surface area (Å²) in [5.74, 6) is 0.654. The van der Waals surface area contributed by atoms with Crippen molar-refractivity contribution in [1.29, 1.82) is 5.26 Å². The van der Waals surface area contributed by atoms with E-state index < -0.39 is 0 Å². The van der Waals surface area contributed by atoms with Gasteiger partial charge < -0.3 is 10.1 Å². The van der Waals surface area contributed by atoms with Crippen molar-refractivity contribution in [2.75, 3.05) is 5.32 Å². The summed E-state index contributed by atoms with van der Waals surface area (Å²) in [6, 6.07) is 17.9. The minimum atomic E-state index is -0.186. The number of anilines is 1. The summed E-state index contributed by atoms with van der Waals surface area (Å²) in [7, 11) is 0. The number of thiophene rings is 1. The fourth-order valence-corrected chi connectivity index (χ4v) is 5.14. The molecule has 1 amide bonds. The van der Waals surface area contributed by atoms with Crippen molar-refractivity contribution in [2.45, 2.75) is 52.1 Å². The number of nitrogens with one attached hydrogen (secondary N) is 1. The third-order valence-corrected chi connectivity index (χ3v) is 6.80. The van der Waals surface area contributed by atoms with Crippen LogP contribution in [0.4, 0.5) is 5.00 Å². The molecule has 31 heavy (non-hydrogen) atoms. The SMILES string of the molecule is CCCc1ccc(OCc2ccc(C(=O)Nc3sc4c(c3C#N)CCCC4)cc2)cc1. The van der Waals surface area contributed by atoms with Crippen LogP contribution in [-0.4, -0.2) is 5.91 Å². The van der Waals surface area contributed by atoms with Gasteiger partial charge in [0.2, 0.25) is 0 Å². The quantitative estimate of drug-likeness (QED) is 0.480. The van der Waals surface area contributed by atoms with Crippen molar-refractivity contribution in [1.82, 2.24) is 0 Å². The van der Waals surface area contributed by atoms with E-state index in [1.807, 2.05) is 24.3 Å². The van der Waals surface area contributed by atoms with Crippen molar-refractivity contribution in [3.63, 3.8) is 0 Å². The molecule has 0 unspecified atom stereocenters. The van der Waals surface area contributed by atoms with E-state index in [4.69, 9.17) is 4.74 Å². The molecule has 0 aliphatic heterocycles. The second-order valence-corrected chi connectivity index (χ2v) is 8.97. The van der Waals surface area contributed by atoms with Crippen molar-refractivity contribution in [3.8, 4) is 11.8 Å². The van der Waals surface area contributed by atoms with Crippen LogP contribution in [0.15, 0.2) is 48.5 Å². The Morgan fingerprint density at radius 2 is 1.77 bits per heavy atom. The molecule has 2 aromatic carbocycles. The smallest absolute Gasteiger partial charge is 0.256 e. The molecule has 4 rings (SSSR count). The molecule has 4 nitrogen and oxygen atoms in total. The number of amides is 1. The standard InChI is InChI=1S/C26H26N2O2S/c1-2-5-18-10-14-21(15-11-18)30-17-19-8-12-20(13-9-19)25(29)28-26-23(16-27)22-6-3-4-7-24(22)31-26/h8-15H,2-7,17H2,1H3,(H,28,29). The van der Waals surface area contributed by atoms with E-state index in [9.17, 15) is 10.1 Å². The summed E-state index contributed by atoms with van der Waals surface area (Å²) < 4.78 is 5.86. The van der Waals surface area contributed by atoms with Gasteiger partial charge in [-0.05, 0) is 73.1 Å². The summed E-state index contributed by atoms with van der Waals surface area (Å²) in [5, 5.41) is 13.2. The molecule has 0 fully saturated rings. The second kappa shape index (κ2) is 9.80. The second-order valence-electron chi connectivity index (χ2n) is 7.86. The number of nitriles is 1. The van der Waals surface area contributed by atoms with Crippen LogP contribution in [0, 0.1) is 11.3 Å². The monoisotopic (exact) mass is 430 g/mol. The van der Waals surface area contributed by atoms with Gasteiger partial charge in [0.05, 0.1) is 5.56 Å². The predicted molar refractivity (Wildman–Crippen MR) is 125 cm³/mol. The maximum atomic E-state index is 12.7. The van der Waals surface area contributed by atoms with Gasteiger partial charge in [-0.25, -0.2) is 0 Å². The van der Waals surface area contributed by atoms with Gasteiger partial charge in [-0.1, -0.05) is 37.6 Å². The van der Waals surface area contributed by atoms with E-state index in [0.29, 0.717) is 22.7 Å². The first kappa shape index (κ1) is 21.1. The highest BCUT2D eigenvalue weighted by Crippen LogP contribution is 2.37. The third-order valence-electron chi connectivity index (χ3n) is 5.59. The molecule has 1 aromatic heterocycles. The minimum absolute atomic E-state index is 0.186. The zero-order valence-corrected chi connectivity index (χ0v) is 18.6. The van der Waals surface area contributed by atoms with Crippen molar-refractivity contribution in [2.24, 2.45) is 0 Å². The largest absolute Gasteiger partial charge is 0.489 e. The highest BCUT2D eigenvalue weighted by atomic mass is 32.1. The minimum Gasteiger partial charge on any atom is -0.489 e. The van der Waals surface area contributed by atoms with Gasteiger partial charge in [-0.2, -0.15) is 5.26 Å². The Morgan fingerprint density at radius 1 is 1.06 bits per heavy atom. The summed E-state index contributed by atoms with van der Waals surface area (Å²) in [4.78, 5) is 14.0. The molecular weight excluding hydrogens is 404 g/mol. The number of rotatable bonds is 7. The lowest BCUT2D eigenvalue weighted by molar-refractivity contribution is 0.102. The first-order valence-electron chi connectivity index (χ1n) is 10.8. The number of ether oxygens (including phenoxy) is 1. The number of hydrogen-bond acceptors (Lipinski definition) is 4. The molecule has 3 aromatic rings. The van der Waals surface area contributed by atoms with Crippen LogP contribution >= 0.6 is 11.3 Å². The highest BCUT2D eigenvalue weighted by Gasteiger charge is 2.22. The molecule has 5 heteroatoms. The summed E-state index contributed by atoms with van der Waals surface area (Å²) >= 11 is 1.55. The van der Waals surface area contributed by atoms with Crippen LogP contribution in [0.2, 0.25) is 0 Å². The Labute approximate surface area is 187 Å². The van der Waals surface area contributed by atoms with Crippen LogP contribution in [0.5, 0.6) is 5.75 Å². The summed E-state index contributed by atoms with van der Waals surface area (Å²) in [6.45, 7) is 2.62. The molecule has 0 spiro atoms. The average molecular weight is 431 g/mol. The number of carbonyl (C=O) groups excluding carboxylic acids is 1. The van der Waals surface area contributed by atoms with E-state index in [1.165, 1.54) is 10.4 Å². The molecule has 0 radical (unpaired) electrons. The van der Waals surface area contributed by atoms with Crippen LogP contribution in [0.3, 0.4) is 0 Å². The Morgan fingerprint density at radius 3 is 2.48 bits per heavy atom. The molecule has 1 N–H and O–H groups in total. The molecule has 1 aliphatic carbocycles. The maximum absolute atomic E-state index is 12.7. The van der Waals surface area contributed by atoms with Gasteiger partial charge in [0.1, 0.15) is 23.4 Å². The van der Waals surface area contributed by atoms with E-state index in [2.05, 4.69) is 30.4 Å². The Balaban J connectivity index is 1.37. The van der Waals surface area contributed by atoms with Gasteiger partial charge in [0.25, 0.3) is 5.91 Å². The van der Waals surface area contributed by atoms with Gasteiger partial charge in [-0.15, -0.1) is 11.3 Å². The fraction of sp³-hybridized carbons (Fsp3) is 0.308. The topological polar surface area (TPSA) is 62.1 Å². The zero-order valence-electron chi connectivity index (χ0n) is 17.7. The number of benzene rings is 2. The van der Waals surface area contributed by atoms with E-state index in [0.717, 1.165) is 55.4 Å². The molecule has 0 saturated heterocycles.